The summed E-state index contributed by atoms with van der Waals surface area (Å²) in [5.41, 5.74) is 0. The van der Waals surface area contributed by atoms with Crippen LogP contribution in [-0.4, -0.2) is 48.2 Å². The third-order valence-electron chi connectivity index (χ3n) is 0.0730. The molecule has 0 aliphatic carbocycles. The van der Waals surface area contributed by atoms with Crippen molar-refractivity contribution in [3.63, 3.8) is 0 Å². The van der Waals surface area contributed by atoms with Gasteiger partial charge in [-0.15, -0.1) is 0 Å². The van der Waals surface area contributed by atoms with E-state index in [1.165, 1.54) is 0 Å². The van der Waals surface area contributed by atoms with Gasteiger partial charge in [-0.1, -0.05) is 0 Å². The van der Waals surface area contributed by atoms with Crippen molar-refractivity contribution in [2.45, 2.75) is 0 Å². The predicted molar refractivity (Wildman–Crippen MR) is 25.8 cm³/mol. The van der Waals surface area contributed by atoms with Crippen LogP contribution >= 0.6 is 0 Å². The smallest absolute Gasteiger partial charge is 0.773 e. The third-order valence-corrected chi connectivity index (χ3v) is 0.0730. The summed E-state index contributed by atoms with van der Waals surface area (Å²) in [4.78, 5) is 0. The van der Waals surface area contributed by atoms with Gasteiger partial charge in [-0.25, -0.2) is 0 Å². The van der Waals surface area contributed by atoms with E-state index in [1.807, 2.05) is 0 Å². The zero-order chi connectivity index (χ0) is 6.83. The molecule has 0 aromatic rings. The van der Waals surface area contributed by atoms with Gasteiger partial charge in [-0.3, -0.25) is 0 Å². The van der Waals surface area contributed by atoms with Gasteiger partial charge in [0.2, 0.25) is 0 Å². The maximum Gasteiger partial charge on any atom is 2.00 e. The minimum Gasteiger partial charge on any atom is -0.773 e. The van der Waals surface area contributed by atoms with Crippen LogP contribution in [0.3, 0.4) is 0 Å². The molecule has 0 aromatic heterocycles. The fourth-order valence-corrected chi connectivity index (χ4v) is 0. The Morgan fingerprint density at radius 1 is 0.889 bits per heavy atom. The van der Waals surface area contributed by atoms with E-state index < -0.39 is 0 Å². The van der Waals surface area contributed by atoms with Crippen molar-refractivity contribution >= 4 is 37.7 Å². The van der Waals surface area contributed by atoms with Crippen molar-refractivity contribution in [1.29, 1.82) is 0 Å². The van der Waals surface area contributed by atoms with E-state index in [-0.39, 0.29) is 37.7 Å². The maximum absolute atomic E-state index is 8.51. The Labute approximate surface area is 79.4 Å². The Balaban J connectivity index is -0.0000000720. The van der Waals surface area contributed by atoms with E-state index in [4.69, 9.17) is 20.8 Å². The van der Waals surface area contributed by atoms with Crippen molar-refractivity contribution in [3.05, 3.63) is 10.4 Å². The number of rotatable bonds is 0. The van der Waals surface area contributed by atoms with Crippen LogP contribution in [0.4, 0.5) is 0 Å². The number of nitrogens with zero attached hydrogens (tertiary/aromatic N) is 4. The largest absolute Gasteiger partial charge is 2.00 e. The van der Waals surface area contributed by atoms with E-state index in [2.05, 4.69) is 0 Å². The molecule has 0 fully saturated rings. The molecule has 0 radical (unpaired) electrons. The first-order valence-electron chi connectivity index (χ1n) is 1.17. The molecule has 0 aliphatic rings. The van der Waals surface area contributed by atoms with E-state index in [0.717, 1.165) is 0 Å². The van der Waals surface area contributed by atoms with Crippen molar-refractivity contribution in [2.24, 2.45) is 21.1 Å². The van der Waals surface area contributed by atoms with Gasteiger partial charge in [0, 0.05) is 10.6 Å². The van der Waals surface area contributed by atoms with Crippen molar-refractivity contribution in [3.8, 4) is 0 Å². The van der Waals surface area contributed by atoms with Crippen molar-refractivity contribution < 1.29 is 10.4 Å². The first kappa shape index (κ1) is 15.9. The van der Waals surface area contributed by atoms with Gasteiger partial charge in [0.1, 0.15) is 0 Å². The maximum atomic E-state index is 8.51. The molecular weight excluding hydrogens is 160 g/mol. The number of hydrogen-bond donors (Lipinski definition) is 2. The molecule has 0 atom stereocenters. The molecule has 2 N–H and O–H groups in total. The molecule has 0 unspecified atom stereocenters. The molecule has 0 rings (SSSR count). The Morgan fingerprint density at radius 2 is 1.00 bits per heavy atom. The summed E-state index contributed by atoms with van der Waals surface area (Å²) >= 11 is 0. The molecule has 0 aliphatic heterocycles. The van der Waals surface area contributed by atoms with Gasteiger partial charge >= 0.3 is 37.7 Å². The van der Waals surface area contributed by atoms with Crippen molar-refractivity contribution in [2.75, 3.05) is 0 Å². The van der Waals surface area contributed by atoms with E-state index in [1.54, 1.807) is 21.1 Å². The standard InChI is InChI=1S/Ca.2H2N2O2/c;2*3-1-2-4/h;2*(H,1,4)(H,2,3)/q+2;;/p-2. The van der Waals surface area contributed by atoms with Crippen LogP contribution in [-0.2, 0) is 0 Å². The zero-order valence-electron chi connectivity index (χ0n) is 4.21. The average Bonchev–Trinajstić information content (AvgIpc) is 1.88. The average molecular weight is 162 g/mol. The monoisotopic (exact) mass is 162 g/mol. The van der Waals surface area contributed by atoms with Crippen LogP contribution in [0, 0.1) is 10.4 Å². The summed E-state index contributed by atoms with van der Waals surface area (Å²) in [6.45, 7) is 0. The molecule has 0 heterocycles. The minimum atomic E-state index is 0. The van der Waals surface area contributed by atoms with Crippen LogP contribution in [0.25, 0.3) is 0 Å². The summed E-state index contributed by atoms with van der Waals surface area (Å²) in [5.74, 6) is 0. The molecule has 0 aromatic carbocycles. The van der Waals surface area contributed by atoms with E-state index in [9.17, 15) is 0 Å². The van der Waals surface area contributed by atoms with Crippen LogP contribution in [0.5, 0.6) is 0 Å². The molecule has 9 heavy (non-hydrogen) atoms. The van der Waals surface area contributed by atoms with Gasteiger partial charge < -0.3 is 20.8 Å². The van der Waals surface area contributed by atoms with Crippen LogP contribution < -0.4 is 0 Å². The molecule has 0 saturated carbocycles. The Bertz CT molecular complexity index is 53.0. The minimum absolute atomic E-state index is 0. The van der Waals surface area contributed by atoms with Crippen LogP contribution in [0.15, 0.2) is 21.1 Å². The molecule has 8 nitrogen and oxygen atoms in total. The SMILES string of the molecule is [Ca+2].[O-]N=NO.[O-]N=NO. The van der Waals surface area contributed by atoms with E-state index in [0.29, 0.717) is 0 Å². The Morgan fingerprint density at radius 3 is 1.00 bits per heavy atom. The summed E-state index contributed by atoms with van der Waals surface area (Å²) in [5, 5.41) is 38.0. The van der Waals surface area contributed by atoms with Gasteiger partial charge in [-0.05, 0) is 0 Å². The van der Waals surface area contributed by atoms with Gasteiger partial charge in [0.05, 0.1) is 0 Å². The van der Waals surface area contributed by atoms with Gasteiger partial charge in [-0.2, -0.15) is 10.6 Å². The molecular formula is H2CaN4O4. The van der Waals surface area contributed by atoms with Gasteiger partial charge in [0.25, 0.3) is 0 Å². The predicted octanol–water partition coefficient (Wildman–Crippen LogP) is 0.270. The second-order valence-electron chi connectivity index (χ2n) is 0.342. The molecule has 48 valence electrons. The number of hydrogen-bond acceptors (Lipinski definition) is 6. The van der Waals surface area contributed by atoms with Crippen LogP contribution in [0.2, 0.25) is 0 Å². The Hall–Kier alpha value is -0.340. The van der Waals surface area contributed by atoms with Crippen molar-refractivity contribution in [1.82, 2.24) is 0 Å². The normalized spacial score (nSPS) is 8.00. The second kappa shape index (κ2) is 25.4. The topological polar surface area (TPSA) is 136 Å². The summed E-state index contributed by atoms with van der Waals surface area (Å²) in [6.07, 6.45) is 0. The molecule has 0 bridgehead atoms. The first-order chi connectivity index (χ1) is 3.83. The van der Waals surface area contributed by atoms with Crippen LogP contribution in [0.1, 0.15) is 0 Å². The molecule has 0 amide bonds. The second-order valence-corrected chi connectivity index (χ2v) is 0.342. The zero-order valence-corrected chi connectivity index (χ0v) is 6.42. The van der Waals surface area contributed by atoms with E-state index >= 15 is 0 Å². The fourth-order valence-electron chi connectivity index (χ4n) is 0. The third kappa shape index (κ3) is 89.1. The summed E-state index contributed by atoms with van der Waals surface area (Å²) < 4.78 is 0. The summed E-state index contributed by atoms with van der Waals surface area (Å²) in [7, 11) is 0. The fraction of sp³-hybridized carbons (Fsp3) is 0. The molecule has 0 saturated heterocycles. The quantitative estimate of drug-likeness (QED) is 0.300. The Kier molecular flexibility index (Phi) is 44.7. The first-order valence-corrected chi connectivity index (χ1v) is 1.17. The molecule has 0 spiro atoms. The summed E-state index contributed by atoms with van der Waals surface area (Å²) in [6, 6.07) is 0. The molecule has 9 heteroatoms. The van der Waals surface area contributed by atoms with Gasteiger partial charge in [0.15, 0.2) is 0 Å².